The molecule has 0 fully saturated rings. The fraction of sp³-hybridized carbons (Fsp3) is 0.133. The molecule has 0 saturated carbocycles. The van der Waals surface area contributed by atoms with Crippen molar-refractivity contribution in [3.63, 3.8) is 0 Å². The number of aliphatic imine (C=N–C) groups is 1. The lowest BCUT2D eigenvalue weighted by molar-refractivity contribution is -0.125. The van der Waals surface area contributed by atoms with Crippen molar-refractivity contribution >= 4 is 17.3 Å². The molecular weight excluding hydrogens is 254 g/mol. The maximum Gasteiger partial charge on any atom is 0.278 e. The largest absolute Gasteiger partial charge is 0.364 e. The number of aliphatic hydroxyl groups is 1. The molecule has 1 aromatic carbocycles. The summed E-state index contributed by atoms with van der Waals surface area (Å²) in [7, 11) is 1.61. The summed E-state index contributed by atoms with van der Waals surface area (Å²) in [6, 6.07) is 11.3. The Kier molecular flexibility index (Phi) is 3.04. The second-order valence-electron chi connectivity index (χ2n) is 4.51. The Hall–Kier alpha value is -2.53. The first kappa shape index (κ1) is 12.5. The summed E-state index contributed by atoms with van der Waals surface area (Å²) in [5, 5.41) is 9.93. The highest BCUT2D eigenvalue weighted by molar-refractivity contribution is 6.19. The van der Waals surface area contributed by atoms with Gasteiger partial charge in [-0.05, 0) is 6.07 Å². The van der Waals surface area contributed by atoms with Crippen LogP contribution >= 0.6 is 0 Å². The number of rotatable bonds is 1. The zero-order valence-corrected chi connectivity index (χ0v) is 10.9. The van der Waals surface area contributed by atoms with Crippen molar-refractivity contribution in [2.24, 2.45) is 4.99 Å². The average molecular weight is 267 g/mol. The molecule has 0 radical (unpaired) electrons. The molecule has 20 heavy (non-hydrogen) atoms. The van der Waals surface area contributed by atoms with Gasteiger partial charge in [0.2, 0.25) is 6.23 Å². The third kappa shape index (κ3) is 1.98. The van der Waals surface area contributed by atoms with E-state index in [2.05, 4.69) is 9.98 Å². The van der Waals surface area contributed by atoms with Gasteiger partial charge in [-0.1, -0.05) is 30.3 Å². The molecule has 2 aromatic rings. The number of pyridine rings is 1. The second kappa shape index (κ2) is 4.86. The number of hydrogen-bond acceptors (Lipinski definition) is 4. The molecule has 1 amide bonds. The predicted octanol–water partition coefficient (Wildman–Crippen LogP) is 1.21. The number of carbonyl (C=O) groups excluding carboxylic acids is 1. The minimum Gasteiger partial charge on any atom is -0.364 e. The molecule has 5 heteroatoms. The Morgan fingerprint density at radius 1 is 1.20 bits per heavy atom. The third-order valence-corrected chi connectivity index (χ3v) is 3.27. The van der Waals surface area contributed by atoms with Crippen LogP contribution in [0.4, 0.5) is 5.69 Å². The fourth-order valence-electron chi connectivity index (χ4n) is 2.22. The predicted molar refractivity (Wildman–Crippen MR) is 75.7 cm³/mol. The lowest BCUT2D eigenvalue weighted by Crippen LogP contribution is -2.34. The van der Waals surface area contributed by atoms with E-state index in [1.807, 2.05) is 30.3 Å². The molecule has 1 atom stereocenters. The van der Waals surface area contributed by atoms with Crippen LogP contribution < -0.4 is 4.90 Å². The van der Waals surface area contributed by atoms with Crippen molar-refractivity contribution < 1.29 is 9.90 Å². The van der Waals surface area contributed by atoms with Crippen LogP contribution in [-0.2, 0) is 4.79 Å². The van der Waals surface area contributed by atoms with Gasteiger partial charge in [0.1, 0.15) is 0 Å². The Morgan fingerprint density at radius 2 is 1.95 bits per heavy atom. The van der Waals surface area contributed by atoms with Crippen LogP contribution in [0.15, 0.2) is 53.8 Å². The van der Waals surface area contributed by atoms with E-state index >= 15 is 0 Å². The van der Waals surface area contributed by atoms with Crippen LogP contribution in [0.1, 0.15) is 11.1 Å². The van der Waals surface area contributed by atoms with Gasteiger partial charge in [0.25, 0.3) is 5.91 Å². The van der Waals surface area contributed by atoms with Gasteiger partial charge in [-0.15, -0.1) is 0 Å². The molecule has 0 saturated heterocycles. The molecule has 1 unspecified atom stereocenters. The zero-order chi connectivity index (χ0) is 14.1. The van der Waals surface area contributed by atoms with Gasteiger partial charge >= 0.3 is 0 Å². The number of anilines is 1. The van der Waals surface area contributed by atoms with E-state index in [4.69, 9.17) is 0 Å². The minimum absolute atomic E-state index is 0.467. The summed E-state index contributed by atoms with van der Waals surface area (Å²) in [5.41, 5.74) is 2.85. The highest BCUT2D eigenvalue weighted by atomic mass is 16.3. The highest BCUT2D eigenvalue weighted by Crippen LogP contribution is 2.25. The van der Waals surface area contributed by atoms with Gasteiger partial charge in [-0.2, -0.15) is 0 Å². The maximum absolute atomic E-state index is 12.0. The van der Waals surface area contributed by atoms with Gasteiger partial charge < -0.3 is 10.0 Å². The van der Waals surface area contributed by atoms with Crippen LogP contribution in [0, 0.1) is 0 Å². The lowest BCUT2D eigenvalue weighted by Gasteiger charge is -2.17. The van der Waals surface area contributed by atoms with Crippen LogP contribution in [0.2, 0.25) is 0 Å². The minimum atomic E-state index is -1.40. The van der Waals surface area contributed by atoms with E-state index in [0.29, 0.717) is 11.4 Å². The van der Waals surface area contributed by atoms with E-state index in [-0.39, 0.29) is 0 Å². The quantitative estimate of drug-likeness (QED) is 0.844. The summed E-state index contributed by atoms with van der Waals surface area (Å²) < 4.78 is 0. The number of aromatic nitrogens is 1. The monoisotopic (exact) mass is 267 g/mol. The van der Waals surface area contributed by atoms with Crippen molar-refractivity contribution in [2.45, 2.75) is 6.23 Å². The molecule has 1 aliphatic heterocycles. The number of benzene rings is 1. The van der Waals surface area contributed by atoms with E-state index < -0.39 is 12.1 Å². The summed E-state index contributed by atoms with van der Waals surface area (Å²) >= 11 is 0. The van der Waals surface area contributed by atoms with Crippen molar-refractivity contribution in [3.05, 3.63) is 59.9 Å². The van der Waals surface area contributed by atoms with Crippen molar-refractivity contribution in [1.29, 1.82) is 0 Å². The van der Waals surface area contributed by atoms with Crippen molar-refractivity contribution in [3.8, 4) is 0 Å². The molecule has 1 N–H and O–H groups in total. The summed E-state index contributed by atoms with van der Waals surface area (Å²) in [4.78, 5) is 21.6. The van der Waals surface area contributed by atoms with E-state index in [9.17, 15) is 9.90 Å². The SMILES string of the molecule is CN1C(=O)C(O)N=C(c2ccccc2)c2ccncc21. The number of likely N-dealkylation sites (N-methyl/N-ethyl adjacent to an activating group) is 1. The molecule has 5 nitrogen and oxygen atoms in total. The Balaban J connectivity index is 2.24. The lowest BCUT2D eigenvalue weighted by atomic mass is 10.0. The summed E-state index contributed by atoms with van der Waals surface area (Å²) in [6.45, 7) is 0. The molecule has 0 bridgehead atoms. The first-order valence-electron chi connectivity index (χ1n) is 6.21. The summed E-state index contributed by atoms with van der Waals surface area (Å²) in [5.74, 6) is -0.467. The van der Waals surface area contributed by atoms with Crippen LogP contribution in [0.5, 0.6) is 0 Å². The highest BCUT2D eigenvalue weighted by Gasteiger charge is 2.28. The molecule has 0 aliphatic carbocycles. The fourth-order valence-corrected chi connectivity index (χ4v) is 2.22. The maximum atomic E-state index is 12.0. The summed E-state index contributed by atoms with van der Waals surface area (Å²) in [6.07, 6.45) is 1.85. The van der Waals surface area contributed by atoms with E-state index in [1.54, 1.807) is 25.5 Å². The van der Waals surface area contributed by atoms with E-state index in [1.165, 1.54) is 4.90 Å². The Labute approximate surface area is 116 Å². The van der Waals surface area contributed by atoms with Crippen molar-refractivity contribution in [2.75, 3.05) is 11.9 Å². The second-order valence-corrected chi connectivity index (χ2v) is 4.51. The topological polar surface area (TPSA) is 65.8 Å². The number of nitrogens with zero attached hydrogens (tertiary/aromatic N) is 3. The van der Waals surface area contributed by atoms with Gasteiger partial charge in [-0.3, -0.25) is 9.78 Å². The van der Waals surface area contributed by atoms with Crippen LogP contribution in [-0.4, -0.2) is 35.0 Å². The van der Waals surface area contributed by atoms with Gasteiger partial charge in [0, 0.05) is 24.4 Å². The van der Waals surface area contributed by atoms with Gasteiger partial charge in [0.05, 0.1) is 17.6 Å². The van der Waals surface area contributed by atoms with Gasteiger partial charge in [-0.25, -0.2) is 4.99 Å². The van der Waals surface area contributed by atoms with Crippen molar-refractivity contribution in [1.82, 2.24) is 4.98 Å². The molecule has 1 aromatic heterocycles. The Morgan fingerprint density at radius 3 is 2.70 bits per heavy atom. The van der Waals surface area contributed by atoms with Gasteiger partial charge in [0.15, 0.2) is 0 Å². The molecule has 0 spiro atoms. The average Bonchev–Trinajstić information content (AvgIpc) is 2.60. The van der Waals surface area contributed by atoms with E-state index in [0.717, 1.165) is 11.1 Å². The number of carbonyl (C=O) groups is 1. The first-order chi connectivity index (χ1) is 9.68. The number of amides is 1. The first-order valence-corrected chi connectivity index (χ1v) is 6.21. The molecule has 2 heterocycles. The van der Waals surface area contributed by atoms with Crippen LogP contribution in [0.25, 0.3) is 0 Å². The standard InChI is InChI=1S/C15H13N3O2/c1-18-12-9-16-8-7-11(12)13(17-14(19)15(18)20)10-5-3-2-4-6-10/h2-9,14,19H,1H3. The third-order valence-electron chi connectivity index (χ3n) is 3.27. The molecule has 3 rings (SSSR count). The number of fused-ring (bicyclic) bond motifs is 1. The molecule has 1 aliphatic rings. The Bertz CT molecular complexity index is 683. The van der Waals surface area contributed by atoms with Crippen LogP contribution in [0.3, 0.4) is 0 Å². The zero-order valence-electron chi connectivity index (χ0n) is 10.9. The number of hydrogen-bond donors (Lipinski definition) is 1. The molecule has 100 valence electrons. The molecular formula is C15H13N3O2. The number of aliphatic hydroxyl groups excluding tert-OH is 1. The normalized spacial score (nSPS) is 18.3. The smallest absolute Gasteiger partial charge is 0.278 e.